The van der Waals surface area contributed by atoms with Crippen molar-refractivity contribution in [2.24, 2.45) is 5.92 Å². The van der Waals surface area contributed by atoms with Crippen LogP contribution in [0.2, 0.25) is 0 Å². The van der Waals surface area contributed by atoms with Gasteiger partial charge < -0.3 is 10.2 Å². The standard InChI is InChI=1S/C17H21N5O3/c1-13-11-15(3-4-16(13)22(24)25)19-17(23)20-9-5-14(6-10-20)12-21-8-2-7-18-21/h2-4,7-8,11,14H,5-6,9-10,12H2,1H3,(H,19,23). The van der Waals surface area contributed by atoms with Crippen molar-refractivity contribution >= 4 is 17.4 Å². The first kappa shape index (κ1) is 16.9. The Morgan fingerprint density at radius 3 is 2.76 bits per heavy atom. The Kier molecular flexibility index (Phi) is 4.97. The maximum Gasteiger partial charge on any atom is 0.321 e. The molecule has 0 atom stereocenters. The number of benzene rings is 1. The van der Waals surface area contributed by atoms with Crippen molar-refractivity contribution in [1.29, 1.82) is 0 Å². The zero-order valence-electron chi connectivity index (χ0n) is 14.1. The number of carbonyl (C=O) groups is 1. The number of anilines is 1. The van der Waals surface area contributed by atoms with E-state index in [-0.39, 0.29) is 11.7 Å². The molecule has 1 aliphatic heterocycles. The second-order valence-corrected chi connectivity index (χ2v) is 6.35. The van der Waals surface area contributed by atoms with Gasteiger partial charge in [0, 0.05) is 49.3 Å². The molecular weight excluding hydrogens is 322 g/mol. The third-order valence-corrected chi connectivity index (χ3v) is 4.55. The van der Waals surface area contributed by atoms with Gasteiger partial charge in [0.15, 0.2) is 0 Å². The number of aromatic nitrogens is 2. The summed E-state index contributed by atoms with van der Waals surface area (Å²) in [7, 11) is 0. The normalized spacial score (nSPS) is 15.2. The van der Waals surface area contributed by atoms with Gasteiger partial charge in [0.1, 0.15) is 0 Å². The number of nitrogens with one attached hydrogen (secondary N) is 1. The highest BCUT2D eigenvalue weighted by atomic mass is 16.6. The predicted molar refractivity (Wildman–Crippen MR) is 93.4 cm³/mol. The van der Waals surface area contributed by atoms with Crippen LogP contribution in [0.4, 0.5) is 16.2 Å². The molecule has 0 unspecified atom stereocenters. The molecule has 3 rings (SSSR count). The van der Waals surface area contributed by atoms with Crippen LogP contribution in [-0.2, 0) is 6.54 Å². The van der Waals surface area contributed by atoms with Gasteiger partial charge in [0.05, 0.1) is 4.92 Å². The van der Waals surface area contributed by atoms with Crippen molar-refractivity contribution in [3.05, 3.63) is 52.3 Å². The number of piperidine rings is 1. The van der Waals surface area contributed by atoms with E-state index in [2.05, 4.69) is 10.4 Å². The highest BCUT2D eigenvalue weighted by Gasteiger charge is 2.23. The molecule has 0 spiro atoms. The molecule has 1 saturated heterocycles. The van der Waals surface area contributed by atoms with Gasteiger partial charge in [-0.2, -0.15) is 5.10 Å². The van der Waals surface area contributed by atoms with E-state index in [1.54, 1.807) is 30.2 Å². The topological polar surface area (TPSA) is 93.3 Å². The minimum absolute atomic E-state index is 0.0532. The Bertz CT molecular complexity index is 752. The van der Waals surface area contributed by atoms with Crippen LogP contribution in [0, 0.1) is 23.0 Å². The molecule has 8 nitrogen and oxygen atoms in total. The van der Waals surface area contributed by atoms with Crippen LogP contribution in [-0.4, -0.2) is 38.7 Å². The molecule has 1 N–H and O–H groups in total. The number of nitro benzene ring substituents is 1. The third-order valence-electron chi connectivity index (χ3n) is 4.55. The lowest BCUT2D eigenvalue weighted by atomic mass is 9.97. The Morgan fingerprint density at radius 2 is 2.16 bits per heavy atom. The van der Waals surface area contributed by atoms with Crippen LogP contribution in [0.15, 0.2) is 36.7 Å². The number of carbonyl (C=O) groups excluding carboxylic acids is 1. The Morgan fingerprint density at radius 1 is 1.40 bits per heavy atom. The number of nitro groups is 1. The van der Waals surface area contributed by atoms with Crippen LogP contribution >= 0.6 is 0 Å². The van der Waals surface area contributed by atoms with Gasteiger partial charge in [-0.3, -0.25) is 14.8 Å². The van der Waals surface area contributed by atoms with E-state index in [0.29, 0.717) is 30.3 Å². The first-order chi connectivity index (χ1) is 12.0. The Balaban J connectivity index is 1.52. The third kappa shape index (κ3) is 4.14. The molecule has 132 valence electrons. The van der Waals surface area contributed by atoms with Gasteiger partial charge in [-0.25, -0.2) is 4.79 Å². The number of amides is 2. The number of urea groups is 1. The fourth-order valence-electron chi connectivity index (χ4n) is 3.13. The van der Waals surface area contributed by atoms with Crippen molar-refractivity contribution in [2.45, 2.75) is 26.3 Å². The quantitative estimate of drug-likeness (QED) is 0.682. The van der Waals surface area contributed by atoms with E-state index < -0.39 is 4.92 Å². The van der Waals surface area contributed by atoms with Crippen molar-refractivity contribution in [2.75, 3.05) is 18.4 Å². The van der Waals surface area contributed by atoms with Crippen molar-refractivity contribution < 1.29 is 9.72 Å². The summed E-state index contributed by atoms with van der Waals surface area (Å²) in [4.78, 5) is 24.6. The molecule has 0 aliphatic carbocycles. The molecule has 0 saturated carbocycles. The number of nitrogens with zero attached hydrogens (tertiary/aromatic N) is 4. The molecule has 2 heterocycles. The second kappa shape index (κ2) is 7.33. The number of aryl methyl sites for hydroxylation is 1. The number of rotatable bonds is 4. The molecule has 25 heavy (non-hydrogen) atoms. The van der Waals surface area contributed by atoms with Crippen LogP contribution in [0.25, 0.3) is 0 Å². The van der Waals surface area contributed by atoms with Crippen LogP contribution in [0.5, 0.6) is 0 Å². The number of hydrogen-bond acceptors (Lipinski definition) is 4. The minimum atomic E-state index is -0.425. The summed E-state index contributed by atoms with van der Waals surface area (Å²) in [5.41, 5.74) is 1.16. The average molecular weight is 343 g/mol. The second-order valence-electron chi connectivity index (χ2n) is 6.35. The number of likely N-dealkylation sites (tertiary alicyclic amines) is 1. The lowest BCUT2D eigenvalue weighted by Crippen LogP contribution is -2.41. The fraction of sp³-hybridized carbons (Fsp3) is 0.412. The molecule has 1 aliphatic rings. The minimum Gasteiger partial charge on any atom is -0.325 e. The highest BCUT2D eigenvalue weighted by molar-refractivity contribution is 5.89. The zero-order chi connectivity index (χ0) is 17.8. The van der Waals surface area contributed by atoms with Gasteiger partial charge in [-0.05, 0) is 43.9 Å². The van der Waals surface area contributed by atoms with Crippen LogP contribution < -0.4 is 5.32 Å². The van der Waals surface area contributed by atoms with E-state index in [1.807, 2.05) is 16.9 Å². The van der Waals surface area contributed by atoms with Crippen LogP contribution in [0.3, 0.4) is 0 Å². The van der Waals surface area contributed by atoms with Gasteiger partial charge in [-0.15, -0.1) is 0 Å². The smallest absolute Gasteiger partial charge is 0.321 e. The summed E-state index contributed by atoms with van der Waals surface area (Å²) < 4.78 is 1.93. The molecule has 0 radical (unpaired) electrons. The highest BCUT2D eigenvalue weighted by Crippen LogP contribution is 2.23. The molecule has 0 bridgehead atoms. The van der Waals surface area contributed by atoms with Crippen LogP contribution in [0.1, 0.15) is 18.4 Å². The lowest BCUT2D eigenvalue weighted by Gasteiger charge is -2.32. The zero-order valence-corrected chi connectivity index (χ0v) is 14.1. The molecule has 8 heteroatoms. The summed E-state index contributed by atoms with van der Waals surface area (Å²) in [5.74, 6) is 0.519. The monoisotopic (exact) mass is 343 g/mol. The largest absolute Gasteiger partial charge is 0.325 e. The average Bonchev–Trinajstić information content (AvgIpc) is 3.08. The van der Waals surface area contributed by atoms with Crippen molar-refractivity contribution in [3.8, 4) is 0 Å². The summed E-state index contributed by atoms with van der Waals surface area (Å²) in [6, 6.07) is 6.36. The lowest BCUT2D eigenvalue weighted by molar-refractivity contribution is -0.385. The van der Waals surface area contributed by atoms with E-state index in [9.17, 15) is 14.9 Å². The Labute approximate surface area is 145 Å². The maximum absolute atomic E-state index is 12.4. The molecule has 1 fully saturated rings. The van der Waals surface area contributed by atoms with Crippen molar-refractivity contribution in [3.63, 3.8) is 0 Å². The molecule has 2 amide bonds. The Hall–Kier alpha value is -2.90. The summed E-state index contributed by atoms with van der Waals surface area (Å²) >= 11 is 0. The van der Waals surface area contributed by atoms with E-state index in [4.69, 9.17) is 0 Å². The van der Waals surface area contributed by atoms with Gasteiger partial charge in [0.25, 0.3) is 5.69 Å². The summed E-state index contributed by atoms with van der Waals surface area (Å²) in [6.45, 7) is 3.94. The molecule has 1 aromatic heterocycles. The number of hydrogen-bond donors (Lipinski definition) is 1. The molecule has 2 aromatic rings. The molecular formula is C17H21N5O3. The fourth-order valence-corrected chi connectivity index (χ4v) is 3.13. The summed E-state index contributed by atoms with van der Waals surface area (Å²) in [6.07, 6.45) is 5.60. The first-order valence-electron chi connectivity index (χ1n) is 8.31. The van der Waals surface area contributed by atoms with E-state index >= 15 is 0 Å². The predicted octanol–water partition coefficient (Wildman–Crippen LogP) is 3.04. The van der Waals surface area contributed by atoms with Crippen molar-refractivity contribution in [1.82, 2.24) is 14.7 Å². The SMILES string of the molecule is Cc1cc(NC(=O)N2CCC(Cn3cccn3)CC2)ccc1[N+](=O)[O-]. The van der Waals surface area contributed by atoms with Gasteiger partial charge in [0.2, 0.25) is 0 Å². The van der Waals surface area contributed by atoms with Gasteiger partial charge in [-0.1, -0.05) is 0 Å². The van der Waals surface area contributed by atoms with Gasteiger partial charge >= 0.3 is 6.03 Å². The summed E-state index contributed by atoms with van der Waals surface area (Å²) in [5, 5.41) is 17.9. The van der Waals surface area contributed by atoms with E-state index in [1.165, 1.54) is 6.07 Å². The molecule has 1 aromatic carbocycles. The first-order valence-corrected chi connectivity index (χ1v) is 8.31. The maximum atomic E-state index is 12.4. The van der Waals surface area contributed by atoms with E-state index in [0.717, 1.165) is 19.4 Å².